The van der Waals surface area contributed by atoms with Crippen molar-refractivity contribution in [2.45, 2.75) is 75.9 Å². The smallest absolute Gasteiger partial charge is 0.264 e. The van der Waals surface area contributed by atoms with Crippen molar-refractivity contribution in [1.82, 2.24) is 10.2 Å². The molecule has 1 atom stereocenters. The lowest BCUT2D eigenvalue weighted by Crippen LogP contribution is -2.55. The molecule has 4 aromatic carbocycles. The number of halogens is 1. The van der Waals surface area contributed by atoms with Crippen LogP contribution in [0.1, 0.15) is 55.7 Å². The Kier molecular flexibility index (Phi) is 12.4. The first-order valence-electron chi connectivity index (χ1n) is 16.8. The van der Waals surface area contributed by atoms with Gasteiger partial charge in [0.2, 0.25) is 11.8 Å². The van der Waals surface area contributed by atoms with Crippen molar-refractivity contribution >= 4 is 39.1 Å². The minimum absolute atomic E-state index is 0.0180. The number of nitrogens with zero attached hydrogens (tertiary/aromatic N) is 2. The largest absolute Gasteiger partial charge is 0.494 e. The molecule has 1 saturated carbocycles. The van der Waals surface area contributed by atoms with Crippen molar-refractivity contribution in [3.63, 3.8) is 0 Å². The molecule has 0 radical (unpaired) electrons. The van der Waals surface area contributed by atoms with E-state index in [-0.39, 0.29) is 29.8 Å². The minimum Gasteiger partial charge on any atom is -0.494 e. The number of carbonyl (C=O) groups excluding carboxylic acids is 2. The maximum absolute atomic E-state index is 14.7. The van der Waals surface area contributed by atoms with Gasteiger partial charge in [-0.05, 0) is 86.3 Å². The number of nitrogens with one attached hydrogen (secondary N) is 1. The van der Waals surface area contributed by atoms with E-state index in [1.807, 2.05) is 68.4 Å². The van der Waals surface area contributed by atoms with Crippen molar-refractivity contribution in [2.24, 2.45) is 0 Å². The predicted octanol–water partition coefficient (Wildman–Crippen LogP) is 7.33. The van der Waals surface area contributed by atoms with E-state index in [1.54, 1.807) is 36.4 Å². The molecule has 1 N–H and O–H groups in total. The van der Waals surface area contributed by atoms with Crippen molar-refractivity contribution < 1.29 is 22.7 Å². The van der Waals surface area contributed by atoms with Gasteiger partial charge in [0.15, 0.2) is 0 Å². The fraction of sp³-hybridized carbons (Fsp3) is 0.333. The van der Waals surface area contributed by atoms with Crippen molar-refractivity contribution in [3.8, 4) is 5.75 Å². The molecule has 0 aromatic heterocycles. The van der Waals surface area contributed by atoms with Gasteiger partial charge in [-0.25, -0.2) is 8.42 Å². The van der Waals surface area contributed by atoms with Gasteiger partial charge in [-0.1, -0.05) is 91.0 Å². The molecule has 0 heterocycles. The zero-order valence-electron chi connectivity index (χ0n) is 28.1. The van der Waals surface area contributed by atoms with E-state index < -0.39 is 28.5 Å². The Morgan fingerprint density at radius 2 is 1.51 bits per heavy atom. The van der Waals surface area contributed by atoms with Crippen molar-refractivity contribution in [2.75, 3.05) is 17.5 Å². The monoisotopic (exact) mass is 701 g/mol. The molecule has 2 amide bonds. The molecular formula is C39H44ClN3O5S. The van der Waals surface area contributed by atoms with Gasteiger partial charge < -0.3 is 15.0 Å². The Bertz CT molecular complexity index is 1780. The molecule has 258 valence electrons. The van der Waals surface area contributed by atoms with E-state index in [0.717, 1.165) is 53.1 Å². The van der Waals surface area contributed by atoms with E-state index in [2.05, 4.69) is 5.32 Å². The molecule has 5 rings (SSSR count). The summed E-state index contributed by atoms with van der Waals surface area (Å²) in [5.74, 6) is -0.222. The molecule has 0 unspecified atom stereocenters. The van der Waals surface area contributed by atoms with Gasteiger partial charge in [0.25, 0.3) is 10.0 Å². The highest BCUT2D eigenvalue weighted by molar-refractivity contribution is 7.92. The average molecular weight is 702 g/mol. The summed E-state index contributed by atoms with van der Waals surface area (Å²) in [6.07, 6.45) is 5.24. The van der Waals surface area contributed by atoms with Crippen molar-refractivity contribution in [3.05, 3.63) is 125 Å². The first kappa shape index (κ1) is 36.0. The molecule has 49 heavy (non-hydrogen) atoms. The van der Waals surface area contributed by atoms with Crippen LogP contribution in [0.5, 0.6) is 5.75 Å². The van der Waals surface area contributed by atoms with Gasteiger partial charge in [-0.2, -0.15) is 0 Å². The molecule has 10 heteroatoms. The minimum atomic E-state index is -4.22. The quantitative estimate of drug-likeness (QED) is 0.149. The molecule has 1 fully saturated rings. The molecule has 8 nitrogen and oxygen atoms in total. The molecule has 0 bridgehead atoms. The number of hydrogen-bond acceptors (Lipinski definition) is 5. The molecule has 0 aliphatic heterocycles. The number of ether oxygens (including phenoxy) is 1. The first-order valence-corrected chi connectivity index (χ1v) is 18.7. The zero-order chi connectivity index (χ0) is 34.8. The van der Waals surface area contributed by atoms with Crippen LogP contribution in [0.15, 0.2) is 108 Å². The SMILES string of the molecule is CCOc1ccc(S(=O)(=O)N(CC(=O)N(Cc2ccc(Cl)cc2)[C@@H](Cc2ccccc2)C(=O)NC2CCCCC2)c2ccc(C)cc2)cc1. The third-order valence-electron chi connectivity index (χ3n) is 8.81. The lowest BCUT2D eigenvalue weighted by molar-refractivity contribution is -0.140. The molecule has 0 spiro atoms. The summed E-state index contributed by atoms with van der Waals surface area (Å²) < 4.78 is 35.3. The second-order valence-electron chi connectivity index (χ2n) is 12.4. The van der Waals surface area contributed by atoms with E-state index >= 15 is 0 Å². The topological polar surface area (TPSA) is 96.0 Å². The van der Waals surface area contributed by atoms with Crippen LogP contribution in [0, 0.1) is 6.92 Å². The van der Waals surface area contributed by atoms with Crippen LogP contribution < -0.4 is 14.4 Å². The average Bonchev–Trinajstić information content (AvgIpc) is 3.11. The third kappa shape index (κ3) is 9.64. The number of sulfonamides is 1. The summed E-state index contributed by atoms with van der Waals surface area (Å²) in [6.45, 7) is 3.77. The lowest BCUT2D eigenvalue weighted by Gasteiger charge is -2.35. The number of carbonyl (C=O) groups is 2. The molecule has 0 saturated heterocycles. The predicted molar refractivity (Wildman–Crippen MR) is 194 cm³/mol. The molecular weight excluding hydrogens is 658 g/mol. The normalized spacial score (nSPS) is 14.1. The third-order valence-corrected chi connectivity index (χ3v) is 10.9. The Balaban J connectivity index is 1.55. The zero-order valence-corrected chi connectivity index (χ0v) is 29.6. The number of anilines is 1. The van der Waals surface area contributed by atoms with Crippen LogP contribution in [0.25, 0.3) is 0 Å². The molecule has 4 aromatic rings. The van der Waals surface area contributed by atoms with Crippen LogP contribution in [0.2, 0.25) is 5.02 Å². The Hall–Kier alpha value is -4.34. The number of hydrogen-bond donors (Lipinski definition) is 1. The van der Waals surface area contributed by atoms with Gasteiger partial charge in [-0.15, -0.1) is 0 Å². The maximum Gasteiger partial charge on any atom is 0.264 e. The summed E-state index contributed by atoms with van der Waals surface area (Å²) in [5, 5.41) is 3.78. The number of benzene rings is 4. The maximum atomic E-state index is 14.7. The fourth-order valence-corrected chi connectivity index (χ4v) is 7.67. The van der Waals surface area contributed by atoms with Crippen LogP contribution in [0.3, 0.4) is 0 Å². The van der Waals surface area contributed by atoms with Gasteiger partial charge in [0.1, 0.15) is 18.3 Å². The number of aryl methyl sites for hydroxylation is 1. The van der Waals surface area contributed by atoms with E-state index in [1.165, 1.54) is 17.0 Å². The van der Waals surface area contributed by atoms with Crippen LogP contribution in [-0.4, -0.2) is 50.4 Å². The standard InChI is InChI=1S/C39H44ClN3O5S/c1-3-48-35-22-24-36(25-23-35)49(46,47)43(34-20-14-29(2)15-21-34)28-38(44)42(27-31-16-18-32(40)19-17-31)37(26-30-10-6-4-7-11-30)39(45)41-33-12-8-5-9-13-33/h4,6-7,10-11,14-25,33,37H,3,5,8-9,12-13,26-28H2,1-2H3,(H,41,45)/t37-/m0/s1. The lowest BCUT2D eigenvalue weighted by atomic mass is 9.94. The summed E-state index contributed by atoms with van der Waals surface area (Å²) in [5.41, 5.74) is 2.93. The van der Waals surface area contributed by atoms with Crippen LogP contribution in [0.4, 0.5) is 5.69 Å². The van der Waals surface area contributed by atoms with Gasteiger partial charge in [-0.3, -0.25) is 13.9 Å². The van der Waals surface area contributed by atoms with Gasteiger partial charge in [0, 0.05) is 24.0 Å². The molecule has 1 aliphatic carbocycles. The fourth-order valence-electron chi connectivity index (χ4n) is 6.13. The highest BCUT2D eigenvalue weighted by Gasteiger charge is 2.35. The second-order valence-corrected chi connectivity index (χ2v) is 14.7. The van der Waals surface area contributed by atoms with E-state index in [0.29, 0.717) is 23.1 Å². The Morgan fingerprint density at radius 1 is 0.857 bits per heavy atom. The first-order chi connectivity index (χ1) is 23.6. The summed E-state index contributed by atoms with van der Waals surface area (Å²) in [7, 11) is -4.22. The van der Waals surface area contributed by atoms with Gasteiger partial charge in [0.05, 0.1) is 17.2 Å². The highest BCUT2D eigenvalue weighted by atomic mass is 35.5. The van der Waals surface area contributed by atoms with Gasteiger partial charge >= 0.3 is 0 Å². The second kappa shape index (κ2) is 16.9. The van der Waals surface area contributed by atoms with E-state index in [4.69, 9.17) is 16.3 Å². The van der Waals surface area contributed by atoms with Crippen LogP contribution in [-0.2, 0) is 32.6 Å². The summed E-state index contributed by atoms with van der Waals surface area (Å²) in [6, 6.07) is 29.0. The summed E-state index contributed by atoms with van der Waals surface area (Å²) >= 11 is 6.20. The summed E-state index contributed by atoms with van der Waals surface area (Å²) in [4.78, 5) is 30.5. The highest BCUT2D eigenvalue weighted by Crippen LogP contribution is 2.27. The molecule has 1 aliphatic rings. The van der Waals surface area contributed by atoms with Crippen molar-refractivity contribution in [1.29, 1.82) is 0 Å². The van der Waals surface area contributed by atoms with E-state index in [9.17, 15) is 18.0 Å². The number of rotatable bonds is 14. The Morgan fingerprint density at radius 3 is 2.14 bits per heavy atom. The Labute approximate surface area is 295 Å². The number of amides is 2. The van der Waals surface area contributed by atoms with Crippen LogP contribution >= 0.6 is 11.6 Å².